The van der Waals surface area contributed by atoms with Crippen LogP contribution in [0.3, 0.4) is 0 Å². The van der Waals surface area contributed by atoms with Crippen molar-refractivity contribution in [3.63, 3.8) is 0 Å². The molecule has 1 N–H and O–H groups in total. The Labute approximate surface area is 149 Å². The molecule has 1 aliphatic carbocycles. The van der Waals surface area contributed by atoms with Crippen LogP contribution in [0.15, 0.2) is 71.5 Å². The first kappa shape index (κ1) is 15.5. The molecule has 0 unspecified atom stereocenters. The molecule has 2 aromatic carbocycles. The second-order valence-electron chi connectivity index (χ2n) is 5.77. The van der Waals surface area contributed by atoms with E-state index in [4.69, 9.17) is 11.6 Å². The van der Waals surface area contributed by atoms with Crippen molar-refractivity contribution in [3.8, 4) is 0 Å². The molecule has 1 aliphatic rings. The molecule has 3 aromatic rings. The lowest BCUT2D eigenvalue weighted by Gasteiger charge is -2.19. The number of carbonyl (C=O) groups excluding carboxylic acids is 2. The highest BCUT2D eigenvalue weighted by molar-refractivity contribution is 6.50. The lowest BCUT2D eigenvalue weighted by molar-refractivity contribution is 0.0974. The van der Waals surface area contributed by atoms with Gasteiger partial charge < -0.3 is 5.32 Å². The van der Waals surface area contributed by atoms with Gasteiger partial charge in [-0.3, -0.25) is 14.6 Å². The number of pyridine rings is 1. The lowest BCUT2D eigenvalue weighted by Crippen LogP contribution is -2.29. The van der Waals surface area contributed by atoms with Crippen LogP contribution >= 0.6 is 11.6 Å². The van der Waals surface area contributed by atoms with Crippen LogP contribution < -0.4 is 5.32 Å². The zero-order valence-corrected chi connectivity index (χ0v) is 13.9. The minimum atomic E-state index is -0.342. The SMILES string of the molecule is O=C1C(Cl)=C(NCc2ccccn2)C(=O)c2cc3ccccc3cc21. The molecule has 4 nitrogen and oxygen atoms in total. The number of rotatable bonds is 3. The third-order valence-electron chi connectivity index (χ3n) is 4.19. The van der Waals surface area contributed by atoms with Gasteiger partial charge in [-0.2, -0.15) is 0 Å². The van der Waals surface area contributed by atoms with Crippen molar-refractivity contribution in [3.05, 3.63) is 88.3 Å². The number of allylic oxidation sites excluding steroid dienone is 2. The number of benzene rings is 2. The number of Topliss-reactive ketones (excluding diaryl/α,β-unsaturated/α-hetero) is 2. The number of halogens is 1. The topological polar surface area (TPSA) is 59.1 Å². The molecule has 1 aromatic heterocycles. The maximum Gasteiger partial charge on any atom is 0.211 e. The predicted molar refractivity (Wildman–Crippen MR) is 96.6 cm³/mol. The van der Waals surface area contributed by atoms with Crippen molar-refractivity contribution >= 4 is 33.9 Å². The van der Waals surface area contributed by atoms with Crippen molar-refractivity contribution in [1.29, 1.82) is 0 Å². The molecule has 0 bridgehead atoms. The Hall–Kier alpha value is -2.98. The van der Waals surface area contributed by atoms with E-state index < -0.39 is 0 Å². The lowest BCUT2D eigenvalue weighted by atomic mass is 9.89. The van der Waals surface area contributed by atoms with Crippen LogP contribution in [0.5, 0.6) is 0 Å². The van der Waals surface area contributed by atoms with Crippen LogP contribution in [0.25, 0.3) is 10.8 Å². The second kappa shape index (κ2) is 6.15. The summed E-state index contributed by atoms with van der Waals surface area (Å²) in [5, 5.41) is 4.70. The summed E-state index contributed by atoms with van der Waals surface area (Å²) in [6, 6.07) is 16.6. The molecular formula is C20H13ClN2O2. The van der Waals surface area contributed by atoms with Gasteiger partial charge in [-0.05, 0) is 35.0 Å². The molecule has 122 valence electrons. The van der Waals surface area contributed by atoms with Crippen molar-refractivity contribution in [2.24, 2.45) is 0 Å². The highest BCUT2D eigenvalue weighted by atomic mass is 35.5. The van der Waals surface area contributed by atoms with Crippen LogP contribution in [0.2, 0.25) is 0 Å². The first-order valence-electron chi connectivity index (χ1n) is 7.81. The predicted octanol–water partition coefficient (Wildman–Crippen LogP) is 3.85. The number of hydrogen-bond donors (Lipinski definition) is 1. The van der Waals surface area contributed by atoms with Gasteiger partial charge in [-0.15, -0.1) is 0 Å². The second-order valence-corrected chi connectivity index (χ2v) is 6.14. The quantitative estimate of drug-likeness (QED) is 0.781. The summed E-state index contributed by atoms with van der Waals surface area (Å²) in [5.74, 6) is -0.619. The highest BCUT2D eigenvalue weighted by Crippen LogP contribution is 2.30. The van der Waals surface area contributed by atoms with Crippen LogP contribution in [-0.4, -0.2) is 16.6 Å². The molecule has 0 atom stereocenters. The number of hydrogen-bond acceptors (Lipinski definition) is 4. The number of aromatic nitrogens is 1. The minimum absolute atomic E-state index is 0.0799. The molecule has 0 aliphatic heterocycles. The fourth-order valence-electron chi connectivity index (χ4n) is 2.92. The maximum absolute atomic E-state index is 12.9. The smallest absolute Gasteiger partial charge is 0.211 e. The van der Waals surface area contributed by atoms with E-state index in [1.54, 1.807) is 18.3 Å². The van der Waals surface area contributed by atoms with Gasteiger partial charge in [0.1, 0.15) is 10.7 Å². The van der Waals surface area contributed by atoms with E-state index in [1.807, 2.05) is 42.5 Å². The van der Waals surface area contributed by atoms with E-state index in [2.05, 4.69) is 10.3 Å². The number of fused-ring (bicyclic) bond motifs is 2. The summed E-state index contributed by atoms with van der Waals surface area (Å²) >= 11 is 6.20. The highest BCUT2D eigenvalue weighted by Gasteiger charge is 2.31. The van der Waals surface area contributed by atoms with E-state index in [9.17, 15) is 9.59 Å². The molecule has 0 fully saturated rings. The van der Waals surface area contributed by atoms with Crippen molar-refractivity contribution in [1.82, 2.24) is 10.3 Å². The van der Waals surface area contributed by atoms with E-state index in [1.165, 1.54) is 0 Å². The Morgan fingerprint density at radius 1 is 0.880 bits per heavy atom. The summed E-state index contributed by atoms with van der Waals surface area (Å²) in [7, 11) is 0. The van der Waals surface area contributed by atoms with Gasteiger partial charge in [0.2, 0.25) is 11.6 Å². The molecular weight excluding hydrogens is 336 g/mol. The summed E-state index contributed by atoms with van der Waals surface area (Å²) in [6.07, 6.45) is 1.67. The Kier molecular flexibility index (Phi) is 3.82. The van der Waals surface area contributed by atoms with Crippen molar-refractivity contribution in [2.45, 2.75) is 6.54 Å². The van der Waals surface area contributed by atoms with Crippen LogP contribution in [0, 0.1) is 0 Å². The van der Waals surface area contributed by atoms with Crippen LogP contribution in [0.1, 0.15) is 26.4 Å². The summed E-state index contributed by atoms with van der Waals surface area (Å²) in [5.41, 5.74) is 1.60. The number of carbonyl (C=O) groups is 2. The molecule has 4 rings (SSSR count). The zero-order valence-electron chi connectivity index (χ0n) is 13.1. The Morgan fingerprint density at radius 3 is 2.16 bits per heavy atom. The van der Waals surface area contributed by atoms with Crippen LogP contribution in [-0.2, 0) is 6.54 Å². The molecule has 0 amide bonds. The molecule has 0 saturated heterocycles. The monoisotopic (exact) mass is 348 g/mol. The first-order valence-corrected chi connectivity index (χ1v) is 8.18. The van der Waals surface area contributed by atoms with E-state index in [0.29, 0.717) is 17.7 Å². The van der Waals surface area contributed by atoms with Gasteiger partial charge >= 0.3 is 0 Å². The minimum Gasteiger partial charge on any atom is -0.375 e. The van der Waals surface area contributed by atoms with Gasteiger partial charge in [0.25, 0.3) is 0 Å². The van der Waals surface area contributed by atoms with Gasteiger partial charge in [-0.25, -0.2) is 0 Å². The molecule has 1 heterocycles. The van der Waals surface area contributed by atoms with Gasteiger partial charge in [0.05, 0.1) is 12.2 Å². The third kappa shape index (κ3) is 2.71. The number of nitrogens with one attached hydrogen (secondary N) is 1. The van der Waals surface area contributed by atoms with Gasteiger partial charge in [0, 0.05) is 17.3 Å². The molecule has 0 spiro atoms. The normalized spacial score (nSPS) is 14.0. The summed E-state index contributed by atoms with van der Waals surface area (Å²) in [4.78, 5) is 29.7. The van der Waals surface area contributed by atoms with Gasteiger partial charge in [0.15, 0.2) is 0 Å². The molecule has 0 radical (unpaired) electrons. The Balaban J connectivity index is 1.73. The number of ketones is 2. The molecule has 5 heteroatoms. The van der Waals surface area contributed by atoms with Crippen molar-refractivity contribution in [2.75, 3.05) is 0 Å². The average molecular weight is 349 g/mol. The van der Waals surface area contributed by atoms with E-state index in [-0.39, 0.29) is 22.3 Å². The largest absolute Gasteiger partial charge is 0.375 e. The maximum atomic E-state index is 12.9. The standard InChI is InChI=1S/C20H13ClN2O2/c21-17-18(23-11-14-7-3-4-8-22-14)20(25)16-10-13-6-2-1-5-12(13)9-15(16)19(17)24/h1-10,23H,11H2. The first-order chi connectivity index (χ1) is 12.1. The van der Waals surface area contributed by atoms with Crippen LogP contribution in [0.4, 0.5) is 0 Å². The fraction of sp³-hybridized carbons (Fsp3) is 0.0500. The molecule has 25 heavy (non-hydrogen) atoms. The fourth-order valence-corrected chi connectivity index (χ4v) is 3.18. The third-order valence-corrected chi connectivity index (χ3v) is 4.55. The average Bonchev–Trinajstić information content (AvgIpc) is 2.66. The summed E-state index contributed by atoms with van der Waals surface area (Å²) in [6.45, 7) is 0.314. The number of nitrogens with zero attached hydrogens (tertiary/aromatic N) is 1. The van der Waals surface area contributed by atoms with E-state index >= 15 is 0 Å². The molecule has 0 saturated carbocycles. The zero-order chi connectivity index (χ0) is 17.4. The van der Waals surface area contributed by atoms with E-state index in [0.717, 1.165) is 16.5 Å². The van der Waals surface area contributed by atoms with Crippen molar-refractivity contribution < 1.29 is 9.59 Å². The Bertz CT molecular complexity index is 1040. The van der Waals surface area contributed by atoms with Gasteiger partial charge in [-0.1, -0.05) is 41.9 Å². The Morgan fingerprint density at radius 2 is 1.52 bits per heavy atom. The summed E-state index contributed by atoms with van der Waals surface area (Å²) < 4.78 is 0.